The fourth-order valence-electron chi connectivity index (χ4n) is 2.89. The van der Waals surface area contributed by atoms with Gasteiger partial charge in [0.25, 0.3) is 5.91 Å². The molecule has 1 amide bonds. The zero-order chi connectivity index (χ0) is 16.4. The predicted molar refractivity (Wildman–Crippen MR) is 92.1 cm³/mol. The van der Waals surface area contributed by atoms with Gasteiger partial charge < -0.3 is 14.9 Å². The first-order valence-corrected chi connectivity index (χ1v) is 7.95. The maximum atomic E-state index is 12.6. The van der Waals surface area contributed by atoms with E-state index in [1.807, 2.05) is 42.2 Å². The molecule has 4 nitrogen and oxygen atoms in total. The highest BCUT2D eigenvalue weighted by molar-refractivity contribution is 5.94. The van der Waals surface area contributed by atoms with Crippen LogP contribution in [0.2, 0.25) is 0 Å². The van der Waals surface area contributed by atoms with Gasteiger partial charge in [0.2, 0.25) is 0 Å². The largest absolute Gasteiger partial charge is 0.508 e. The Balaban J connectivity index is 1.65. The van der Waals surface area contributed by atoms with Crippen LogP contribution in [0.25, 0.3) is 0 Å². The maximum Gasteiger partial charge on any atom is 0.253 e. The van der Waals surface area contributed by atoms with Crippen molar-refractivity contribution in [1.29, 1.82) is 0 Å². The first kappa shape index (κ1) is 15.4. The van der Waals surface area contributed by atoms with Crippen molar-refractivity contribution < 1.29 is 9.90 Å². The molecular weight excluding hydrogens is 288 g/mol. The summed E-state index contributed by atoms with van der Waals surface area (Å²) in [6.45, 7) is 7.14. The molecule has 2 aromatic carbocycles. The molecule has 0 radical (unpaired) electrons. The van der Waals surface area contributed by atoms with Crippen molar-refractivity contribution in [3.8, 4) is 5.75 Å². The average molecular weight is 310 g/mol. The normalized spacial score (nSPS) is 14.9. The Labute approximate surface area is 137 Å². The monoisotopic (exact) mass is 310 g/mol. The van der Waals surface area contributed by atoms with E-state index in [1.165, 1.54) is 5.56 Å². The predicted octanol–water partition coefficient (Wildman–Crippen LogP) is 2.97. The summed E-state index contributed by atoms with van der Waals surface area (Å²) in [5, 5.41) is 9.37. The summed E-state index contributed by atoms with van der Waals surface area (Å²) in [6.07, 6.45) is 0. The van der Waals surface area contributed by atoms with Gasteiger partial charge in [-0.3, -0.25) is 4.79 Å². The Kier molecular flexibility index (Phi) is 4.24. The first-order valence-electron chi connectivity index (χ1n) is 7.95. The second-order valence-corrected chi connectivity index (χ2v) is 6.09. The van der Waals surface area contributed by atoms with Crippen LogP contribution in [-0.4, -0.2) is 42.1 Å². The average Bonchev–Trinajstić information content (AvgIpc) is 2.57. The minimum Gasteiger partial charge on any atom is -0.508 e. The molecule has 0 aliphatic carbocycles. The van der Waals surface area contributed by atoms with Crippen molar-refractivity contribution in [3.05, 3.63) is 59.2 Å². The van der Waals surface area contributed by atoms with Crippen molar-refractivity contribution in [2.45, 2.75) is 13.8 Å². The lowest BCUT2D eigenvalue weighted by Gasteiger charge is -2.36. The van der Waals surface area contributed by atoms with Crippen molar-refractivity contribution in [3.63, 3.8) is 0 Å². The Bertz CT molecular complexity index is 702. The van der Waals surface area contributed by atoms with Crippen LogP contribution < -0.4 is 4.90 Å². The van der Waals surface area contributed by atoms with E-state index in [0.717, 1.165) is 29.9 Å². The minimum atomic E-state index is 0.110. The molecular formula is C19H22N2O2. The number of hydrogen-bond donors (Lipinski definition) is 1. The van der Waals surface area contributed by atoms with Gasteiger partial charge in [0.1, 0.15) is 5.75 Å². The highest BCUT2D eigenvalue weighted by Gasteiger charge is 2.22. The van der Waals surface area contributed by atoms with Crippen LogP contribution in [0, 0.1) is 13.8 Å². The number of benzene rings is 2. The second kappa shape index (κ2) is 6.32. The zero-order valence-corrected chi connectivity index (χ0v) is 13.6. The summed E-state index contributed by atoms with van der Waals surface area (Å²) in [6, 6.07) is 13.1. The highest BCUT2D eigenvalue weighted by atomic mass is 16.3. The van der Waals surface area contributed by atoms with Gasteiger partial charge >= 0.3 is 0 Å². The lowest BCUT2D eigenvalue weighted by Crippen LogP contribution is -2.48. The molecule has 0 atom stereocenters. The van der Waals surface area contributed by atoms with Crippen LogP contribution in [0.15, 0.2) is 42.5 Å². The van der Waals surface area contributed by atoms with Gasteiger partial charge in [-0.1, -0.05) is 6.07 Å². The van der Waals surface area contributed by atoms with Crippen molar-refractivity contribution in [2.24, 2.45) is 0 Å². The van der Waals surface area contributed by atoms with Crippen LogP contribution in [0.3, 0.4) is 0 Å². The molecule has 3 rings (SSSR count). The third kappa shape index (κ3) is 3.31. The van der Waals surface area contributed by atoms with Gasteiger partial charge in [0.15, 0.2) is 0 Å². The summed E-state index contributed by atoms with van der Waals surface area (Å²) in [5.74, 6) is 0.385. The van der Waals surface area contributed by atoms with E-state index in [0.29, 0.717) is 13.1 Å². The van der Waals surface area contributed by atoms with E-state index in [1.54, 1.807) is 12.1 Å². The van der Waals surface area contributed by atoms with Crippen LogP contribution in [0.4, 0.5) is 5.69 Å². The van der Waals surface area contributed by atoms with Crippen molar-refractivity contribution in [2.75, 3.05) is 31.1 Å². The first-order chi connectivity index (χ1) is 11.0. The van der Waals surface area contributed by atoms with E-state index < -0.39 is 0 Å². The third-order valence-corrected chi connectivity index (χ3v) is 4.54. The Hall–Kier alpha value is -2.49. The number of phenols is 1. The fraction of sp³-hybridized carbons (Fsp3) is 0.316. The summed E-state index contributed by atoms with van der Waals surface area (Å²) in [4.78, 5) is 16.8. The van der Waals surface area contributed by atoms with Gasteiger partial charge in [-0.05, 0) is 61.4 Å². The highest BCUT2D eigenvalue weighted by Crippen LogP contribution is 2.20. The molecule has 0 aromatic heterocycles. The molecule has 1 heterocycles. The van der Waals surface area contributed by atoms with Gasteiger partial charge in [-0.2, -0.15) is 0 Å². The minimum absolute atomic E-state index is 0.110. The van der Waals surface area contributed by atoms with Gasteiger partial charge in [0, 0.05) is 37.4 Å². The number of rotatable bonds is 2. The molecule has 23 heavy (non-hydrogen) atoms. The molecule has 1 saturated heterocycles. The van der Waals surface area contributed by atoms with E-state index in [2.05, 4.69) is 11.8 Å². The number of piperazine rings is 1. The summed E-state index contributed by atoms with van der Waals surface area (Å²) < 4.78 is 0. The van der Waals surface area contributed by atoms with Crippen LogP contribution in [0.1, 0.15) is 21.5 Å². The number of anilines is 1. The quantitative estimate of drug-likeness (QED) is 0.927. The summed E-state index contributed by atoms with van der Waals surface area (Å²) in [7, 11) is 0. The van der Waals surface area contributed by atoms with Gasteiger partial charge in [-0.25, -0.2) is 0 Å². The number of aryl methyl sites for hydroxylation is 2. The topological polar surface area (TPSA) is 43.8 Å². The number of amides is 1. The molecule has 4 heteroatoms. The smallest absolute Gasteiger partial charge is 0.253 e. The van der Waals surface area contributed by atoms with Crippen LogP contribution in [-0.2, 0) is 0 Å². The van der Waals surface area contributed by atoms with Crippen LogP contribution >= 0.6 is 0 Å². The lowest BCUT2D eigenvalue weighted by atomic mass is 10.1. The van der Waals surface area contributed by atoms with Crippen LogP contribution in [0.5, 0.6) is 5.75 Å². The van der Waals surface area contributed by atoms with E-state index in [-0.39, 0.29) is 11.7 Å². The van der Waals surface area contributed by atoms with Gasteiger partial charge in [-0.15, -0.1) is 0 Å². The molecule has 1 N–H and O–H groups in total. The molecule has 0 spiro atoms. The maximum absolute atomic E-state index is 12.6. The van der Waals surface area contributed by atoms with Crippen molar-refractivity contribution >= 4 is 11.6 Å². The van der Waals surface area contributed by atoms with E-state index in [4.69, 9.17) is 0 Å². The fourth-order valence-corrected chi connectivity index (χ4v) is 2.89. The Morgan fingerprint density at radius 2 is 1.57 bits per heavy atom. The molecule has 1 aliphatic rings. The number of carbonyl (C=O) groups excluding carboxylic acids is 1. The third-order valence-electron chi connectivity index (χ3n) is 4.54. The number of nitrogens with zero attached hydrogens (tertiary/aromatic N) is 2. The molecule has 1 fully saturated rings. The molecule has 0 bridgehead atoms. The number of carbonyl (C=O) groups is 1. The van der Waals surface area contributed by atoms with Gasteiger partial charge in [0.05, 0.1) is 0 Å². The summed E-state index contributed by atoms with van der Waals surface area (Å²) >= 11 is 0. The lowest BCUT2D eigenvalue weighted by molar-refractivity contribution is 0.0746. The molecule has 1 aliphatic heterocycles. The van der Waals surface area contributed by atoms with Crippen molar-refractivity contribution in [1.82, 2.24) is 4.90 Å². The number of phenolic OH excluding ortho intramolecular Hbond substituents is 1. The van der Waals surface area contributed by atoms with E-state index >= 15 is 0 Å². The summed E-state index contributed by atoms with van der Waals surface area (Å²) in [5.41, 5.74) is 4.21. The molecule has 0 unspecified atom stereocenters. The zero-order valence-electron chi connectivity index (χ0n) is 13.6. The number of aromatic hydroxyl groups is 1. The second-order valence-electron chi connectivity index (χ2n) is 6.09. The van der Waals surface area contributed by atoms with E-state index in [9.17, 15) is 9.90 Å². The Morgan fingerprint density at radius 3 is 2.17 bits per heavy atom. The molecule has 2 aromatic rings. The number of hydrogen-bond acceptors (Lipinski definition) is 3. The molecule has 0 saturated carbocycles. The standard InChI is InChI=1S/C19H22N2O2/c1-14-3-4-16(13-15(14)2)19(23)21-11-9-20(10-12-21)17-5-7-18(22)8-6-17/h3-8,13,22H,9-12H2,1-2H3. The molecule has 120 valence electrons. The Morgan fingerprint density at radius 1 is 0.913 bits per heavy atom. The SMILES string of the molecule is Cc1ccc(C(=O)N2CCN(c3ccc(O)cc3)CC2)cc1C.